The minimum Gasteiger partial charge on any atom is -0.508 e. The van der Waals surface area contributed by atoms with Crippen LogP contribution in [-0.4, -0.2) is 147 Å². The molecule has 17 N–H and O–H groups in total. The third-order valence-corrected chi connectivity index (χ3v) is 12.1. The highest BCUT2D eigenvalue weighted by atomic mass is 16.3. The lowest BCUT2D eigenvalue weighted by atomic mass is 9.99. The maximum atomic E-state index is 14.2. The average molecular weight is 1000 g/mol. The van der Waals surface area contributed by atoms with Crippen molar-refractivity contribution in [2.75, 3.05) is 13.2 Å². The van der Waals surface area contributed by atoms with Gasteiger partial charge in [0.25, 0.3) is 0 Å². The molecular weight excluding hydrogens is 933 g/mol. The topological polar surface area (TPSA) is 437 Å². The second-order valence-electron chi connectivity index (χ2n) is 17.8. The molecule has 71 heavy (non-hydrogen) atoms. The van der Waals surface area contributed by atoms with Crippen LogP contribution in [0, 0.1) is 5.92 Å². The lowest BCUT2D eigenvalue weighted by molar-refractivity contribution is -0.143. The van der Waals surface area contributed by atoms with Gasteiger partial charge in [-0.1, -0.05) is 58.1 Å². The van der Waals surface area contributed by atoms with E-state index < -0.39 is 158 Å². The Bertz CT molecular complexity index is 2120. The molecule has 0 spiro atoms. The number of hydrogen-bond acceptors (Lipinski definition) is 14. The average Bonchev–Trinajstić information content (AvgIpc) is 3.80. The number of unbranched alkanes of at least 4 members (excludes halogenated alkanes) is 2. The first-order valence-electron chi connectivity index (χ1n) is 23.5. The van der Waals surface area contributed by atoms with Gasteiger partial charge in [-0.3, -0.25) is 57.5 Å². The number of nitrogens with two attached hydrogens (primary N) is 4. The fraction of sp³-hybridized carbons (Fsp3) is 0.600. The number of benzene rings is 1. The van der Waals surface area contributed by atoms with Crippen molar-refractivity contribution < 1.29 is 67.7 Å². The molecule has 1 aromatic carbocycles. The number of aromatic hydroxyl groups is 1. The third kappa shape index (κ3) is 19.1. The molecule has 1 aromatic rings. The molecule has 0 radical (unpaired) electrons. The highest BCUT2D eigenvalue weighted by Crippen LogP contribution is 2.21. The van der Waals surface area contributed by atoms with Crippen LogP contribution in [0.4, 0.5) is 0 Å². The van der Waals surface area contributed by atoms with E-state index in [4.69, 9.17) is 22.9 Å². The number of hydrogen-bond donors (Lipinski definition) is 13. The van der Waals surface area contributed by atoms with E-state index in [0.29, 0.717) is 24.3 Å². The fourth-order valence-electron chi connectivity index (χ4n) is 7.94. The minimum absolute atomic E-state index is 0.0108. The Morgan fingerprint density at radius 2 is 1.04 bits per heavy atom. The van der Waals surface area contributed by atoms with E-state index in [1.807, 2.05) is 0 Å². The summed E-state index contributed by atoms with van der Waals surface area (Å²) in [7, 11) is 0. The summed E-state index contributed by atoms with van der Waals surface area (Å²) in [6.45, 7) is 2.95. The Balaban J connectivity index is 2.19. The van der Waals surface area contributed by atoms with E-state index in [1.165, 1.54) is 24.3 Å². The summed E-state index contributed by atoms with van der Waals surface area (Å²) in [5, 5.41) is 36.7. The van der Waals surface area contributed by atoms with E-state index in [9.17, 15) is 67.7 Å². The third-order valence-electron chi connectivity index (χ3n) is 12.1. The Morgan fingerprint density at radius 1 is 0.592 bits per heavy atom. The molecule has 0 aliphatic carbocycles. The lowest BCUT2D eigenvalue weighted by Crippen LogP contribution is -2.62. The number of carbonyl (C=O) groups excluding carboxylic acids is 12. The molecule has 26 heteroatoms. The molecule has 9 unspecified atom stereocenters. The molecule has 3 rings (SSSR count). The Kier molecular flexibility index (Phi) is 23.1. The van der Waals surface area contributed by atoms with Crippen LogP contribution >= 0.6 is 0 Å². The van der Waals surface area contributed by atoms with Gasteiger partial charge in [0.2, 0.25) is 70.9 Å². The van der Waals surface area contributed by atoms with Crippen LogP contribution in [-0.2, 0) is 64.0 Å². The number of rotatable bonds is 19. The van der Waals surface area contributed by atoms with Gasteiger partial charge in [-0.25, -0.2) is 0 Å². The number of phenolic OH excluding ortho intramolecular Hbond substituents is 1. The van der Waals surface area contributed by atoms with Crippen LogP contribution in [0.2, 0.25) is 0 Å². The van der Waals surface area contributed by atoms with Gasteiger partial charge in [-0.05, 0) is 49.3 Å². The maximum Gasteiger partial charge on any atom is 0.246 e. The highest BCUT2D eigenvalue weighted by molar-refractivity contribution is 6.01. The summed E-state index contributed by atoms with van der Waals surface area (Å²) in [6, 6.07) is -8.13. The van der Waals surface area contributed by atoms with E-state index in [2.05, 4.69) is 51.1 Å². The minimum atomic E-state index is -1.91. The number of aliphatic hydroxyl groups excluding tert-OH is 1. The molecule has 9 atom stereocenters. The number of aliphatic hydroxyl groups is 1. The van der Waals surface area contributed by atoms with Crippen molar-refractivity contribution in [3.8, 4) is 5.75 Å². The van der Waals surface area contributed by atoms with Crippen LogP contribution in [0.3, 0.4) is 0 Å². The second-order valence-corrected chi connectivity index (χ2v) is 17.8. The standard InChI is InChI=1S/C45H68N12O14/c1-3-23(2)8-5-4-6-9-26-38(64)53-30(20-36(48)62)42(68)52-28(18-24-11-13-25(59)14-12-24)40(66)54-29(19-35(47)61)41(67)50-27(15-16-34(46)60)39(65)56-32(22-58)43(69)55-31(21-37(49)63)45(71)57-17-7-10-33(57)44(70)51-26/h11-14,23,26-33,58-59H,3-10,15-22H2,1-2H3,(H2,46,60)(H2,47,61)(H2,48,62)(H2,49,63)(H,50,67)(H,51,70)(H,52,68)(H,53,64)(H,54,66)(H,55,69)(H,56,65). The first kappa shape index (κ1) is 57.9. The maximum absolute atomic E-state index is 14.2. The zero-order valence-electron chi connectivity index (χ0n) is 39.9. The molecule has 2 aliphatic heterocycles. The molecule has 2 saturated heterocycles. The number of nitrogens with zero attached hydrogens (tertiary/aromatic N) is 1. The van der Waals surface area contributed by atoms with E-state index in [-0.39, 0.29) is 38.0 Å². The second kappa shape index (κ2) is 28.3. The number of fused-ring (bicyclic) bond motifs is 1. The van der Waals surface area contributed by atoms with Crippen LogP contribution in [0.15, 0.2) is 24.3 Å². The van der Waals surface area contributed by atoms with Crippen molar-refractivity contribution >= 4 is 70.9 Å². The quantitative estimate of drug-likeness (QED) is 0.0579. The molecule has 26 nitrogen and oxygen atoms in total. The van der Waals surface area contributed by atoms with Gasteiger partial charge in [0.1, 0.15) is 54.1 Å². The summed E-state index contributed by atoms with van der Waals surface area (Å²) in [5.74, 6) is -12.7. The molecule has 0 aromatic heterocycles. The summed E-state index contributed by atoms with van der Waals surface area (Å²) in [4.78, 5) is 162. The predicted molar refractivity (Wildman–Crippen MR) is 250 cm³/mol. The lowest BCUT2D eigenvalue weighted by Gasteiger charge is -2.31. The smallest absolute Gasteiger partial charge is 0.246 e. The SMILES string of the molecule is CCC(C)CCCCCC1NC(=O)C2CCCN2C(=O)C(CC(N)=O)NC(=O)C(CO)NC(=O)C(CCC(N)=O)NC(=O)C(CC(N)=O)NC(=O)C(Cc2ccc(O)cc2)NC(=O)C(CC(N)=O)NC1=O. The van der Waals surface area contributed by atoms with Crippen LogP contribution in [0.25, 0.3) is 0 Å². The van der Waals surface area contributed by atoms with Gasteiger partial charge in [-0.15, -0.1) is 0 Å². The molecule has 0 saturated carbocycles. The fourth-order valence-corrected chi connectivity index (χ4v) is 7.94. The van der Waals surface area contributed by atoms with Gasteiger partial charge in [-0.2, -0.15) is 0 Å². The Morgan fingerprint density at radius 3 is 1.58 bits per heavy atom. The number of nitrogens with one attached hydrogen (secondary N) is 7. The largest absolute Gasteiger partial charge is 0.508 e. The molecule has 2 fully saturated rings. The van der Waals surface area contributed by atoms with Gasteiger partial charge in [0.15, 0.2) is 0 Å². The van der Waals surface area contributed by atoms with E-state index in [0.717, 1.165) is 24.2 Å². The molecular formula is C45H68N12O14. The van der Waals surface area contributed by atoms with Crippen LogP contribution < -0.4 is 60.2 Å². The van der Waals surface area contributed by atoms with Crippen molar-refractivity contribution in [2.24, 2.45) is 28.9 Å². The molecule has 392 valence electrons. The normalized spacial score (nSPS) is 24.9. The summed E-state index contributed by atoms with van der Waals surface area (Å²) >= 11 is 0. The Hall–Kier alpha value is -7.38. The number of phenols is 1. The molecule has 12 amide bonds. The highest BCUT2D eigenvalue weighted by Gasteiger charge is 2.41. The van der Waals surface area contributed by atoms with Crippen molar-refractivity contribution in [1.29, 1.82) is 0 Å². The van der Waals surface area contributed by atoms with E-state index >= 15 is 0 Å². The summed E-state index contributed by atoms with van der Waals surface area (Å²) in [6.07, 6.45) is -0.0591. The number of amides is 12. The first-order chi connectivity index (χ1) is 33.5. The molecule has 2 aliphatic rings. The number of carbonyl (C=O) groups is 12. The van der Waals surface area contributed by atoms with Crippen LogP contribution in [0.1, 0.15) is 103 Å². The summed E-state index contributed by atoms with van der Waals surface area (Å²) < 4.78 is 0. The zero-order valence-corrected chi connectivity index (χ0v) is 39.9. The van der Waals surface area contributed by atoms with Crippen molar-refractivity contribution in [3.05, 3.63) is 29.8 Å². The van der Waals surface area contributed by atoms with Gasteiger partial charge >= 0.3 is 0 Å². The molecule has 0 bridgehead atoms. The predicted octanol–water partition coefficient (Wildman–Crippen LogP) is -4.79. The van der Waals surface area contributed by atoms with Crippen LogP contribution in [0.5, 0.6) is 5.75 Å². The number of primary amides is 4. The van der Waals surface area contributed by atoms with Crippen molar-refractivity contribution in [2.45, 2.75) is 152 Å². The van der Waals surface area contributed by atoms with E-state index in [1.54, 1.807) is 0 Å². The van der Waals surface area contributed by atoms with Gasteiger partial charge < -0.3 is 75.3 Å². The first-order valence-corrected chi connectivity index (χ1v) is 23.5. The van der Waals surface area contributed by atoms with Crippen molar-refractivity contribution in [1.82, 2.24) is 42.1 Å². The summed E-state index contributed by atoms with van der Waals surface area (Å²) in [5.41, 5.74) is 22.0. The molecule has 2 heterocycles. The van der Waals surface area contributed by atoms with Gasteiger partial charge in [0, 0.05) is 19.4 Å². The van der Waals surface area contributed by atoms with Gasteiger partial charge in [0.05, 0.1) is 25.9 Å². The zero-order chi connectivity index (χ0) is 52.9. The van der Waals surface area contributed by atoms with Crippen molar-refractivity contribution in [3.63, 3.8) is 0 Å². The Labute approximate surface area is 409 Å². The monoisotopic (exact) mass is 1000 g/mol.